The fourth-order valence-electron chi connectivity index (χ4n) is 1.90. The number of rotatable bonds is 4. The number of fused-ring (bicyclic) bond motifs is 1. The summed E-state index contributed by atoms with van der Waals surface area (Å²) in [5, 5.41) is 17.5. The van der Waals surface area contributed by atoms with E-state index >= 15 is 0 Å². The standard InChI is InChI=1S/C12H12ClN5O/c13-9-1-2-12-14-11(6-17(12)5-9)8-18-7-10(3-4-19)15-16-18/h1-2,5-7,19H,3-4,8H2. The van der Waals surface area contributed by atoms with E-state index in [1.807, 2.05) is 35.1 Å². The van der Waals surface area contributed by atoms with Gasteiger partial charge in [0.25, 0.3) is 0 Å². The van der Waals surface area contributed by atoms with Gasteiger partial charge in [0.1, 0.15) is 5.65 Å². The van der Waals surface area contributed by atoms with Crippen molar-refractivity contribution in [3.63, 3.8) is 0 Å². The highest BCUT2D eigenvalue weighted by molar-refractivity contribution is 6.30. The van der Waals surface area contributed by atoms with Crippen LogP contribution in [0.15, 0.2) is 30.7 Å². The van der Waals surface area contributed by atoms with Gasteiger partial charge in [-0.05, 0) is 12.1 Å². The van der Waals surface area contributed by atoms with E-state index in [0.717, 1.165) is 17.0 Å². The molecule has 0 fully saturated rings. The Morgan fingerprint density at radius 1 is 1.16 bits per heavy atom. The third-order valence-electron chi connectivity index (χ3n) is 2.74. The molecule has 0 aliphatic rings. The van der Waals surface area contributed by atoms with E-state index < -0.39 is 0 Å². The molecule has 7 heteroatoms. The maximum absolute atomic E-state index is 8.83. The van der Waals surface area contributed by atoms with Crippen LogP contribution in [-0.4, -0.2) is 36.1 Å². The Bertz CT molecular complexity index is 705. The number of hydrogen-bond acceptors (Lipinski definition) is 4. The van der Waals surface area contributed by atoms with E-state index in [0.29, 0.717) is 18.0 Å². The zero-order chi connectivity index (χ0) is 13.2. The molecule has 6 nitrogen and oxygen atoms in total. The lowest BCUT2D eigenvalue weighted by atomic mass is 10.3. The highest BCUT2D eigenvalue weighted by Crippen LogP contribution is 2.12. The molecule has 0 aliphatic heterocycles. The quantitative estimate of drug-likeness (QED) is 0.777. The number of halogens is 1. The van der Waals surface area contributed by atoms with E-state index in [2.05, 4.69) is 15.3 Å². The van der Waals surface area contributed by atoms with E-state index in [1.54, 1.807) is 4.68 Å². The molecule has 3 heterocycles. The summed E-state index contributed by atoms with van der Waals surface area (Å²) in [6.45, 7) is 0.614. The van der Waals surface area contributed by atoms with Crippen molar-refractivity contribution in [2.24, 2.45) is 0 Å². The predicted octanol–water partition coefficient (Wildman–Crippen LogP) is 1.16. The third kappa shape index (κ3) is 2.59. The first kappa shape index (κ1) is 12.1. The molecule has 3 rings (SSSR count). The molecule has 0 unspecified atom stereocenters. The van der Waals surface area contributed by atoms with E-state index in [1.165, 1.54) is 0 Å². The number of aromatic nitrogens is 5. The molecule has 0 aliphatic carbocycles. The van der Waals surface area contributed by atoms with Gasteiger partial charge >= 0.3 is 0 Å². The van der Waals surface area contributed by atoms with Crippen molar-refractivity contribution >= 4 is 17.2 Å². The van der Waals surface area contributed by atoms with Crippen molar-refractivity contribution in [1.29, 1.82) is 0 Å². The van der Waals surface area contributed by atoms with Crippen LogP contribution in [0, 0.1) is 0 Å². The van der Waals surface area contributed by atoms with Gasteiger partial charge in [0, 0.05) is 31.6 Å². The molecule has 3 aromatic heterocycles. The molecule has 0 saturated carbocycles. The van der Waals surface area contributed by atoms with Crippen LogP contribution >= 0.6 is 11.6 Å². The number of aliphatic hydroxyl groups is 1. The molecule has 3 aromatic rings. The van der Waals surface area contributed by atoms with Gasteiger partial charge in [0.2, 0.25) is 0 Å². The summed E-state index contributed by atoms with van der Waals surface area (Å²) < 4.78 is 3.58. The first-order valence-corrected chi connectivity index (χ1v) is 6.25. The van der Waals surface area contributed by atoms with Crippen molar-refractivity contribution in [3.8, 4) is 0 Å². The molecule has 98 valence electrons. The summed E-state index contributed by atoms with van der Waals surface area (Å²) in [4.78, 5) is 4.47. The second kappa shape index (κ2) is 4.99. The Morgan fingerprint density at radius 2 is 2.05 bits per heavy atom. The molecular formula is C12H12ClN5O. The monoisotopic (exact) mass is 277 g/mol. The number of pyridine rings is 1. The lowest BCUT2D eigenvalue weighted by Gasteiger charge is -1.94. The highest BCUT2D eigenvalue weighted by atomic mass is 35.5. The number of nitrogens with zero attached hydrogens (tertiary/aromatic N) is 5. The van der Waals surface area contributed by atoms with Crippen molar-refractivity contribution in [3.05, 3.63) is 47.1 Å². The van der Waals surface area contributed by atoms with Crippen LogP contribution < -0.4 is 0 Å². The largest absolute Gasteiger partial charge is 0.396 e. The molecule has 0 radical (unpaired) electrons. The maximum Gasteiger partial charge on any atom is 0.137 e. The normalized spacial score (nSPS) is 11.3. The van der Waals surface area contributed by atoms with Crippen molar-refractivity contribution < 1.29 is 5.11 Å². The molecule has 1 N–H and O–H groups in total. The molecule has 0 aromatic carbocycles. The third-order valence-corrected chi connectivity index (χ3v) is 2.97. The second-order valence-corrected chi connectivity index (χ2v) is 4.66. The van der Waals surface area contributed by atoms with Gasteiger partial charge in [-0.15, -0.1) is 5.10 Å². The van der Waals surface area contributed by atoms with Crippen molar-refractivity contribution in [2.75, 3.05) is 6.61 Å². The summed E-state index contributed by atoms with van der Waals surface area (Å²) in [5.41, 5.74) is 2.49. The lowest BCUT2D eigenvalue weighted by molar-refractivity contribution is 0.298. The predicted molar refractivity (Wildman–Crippen MR) is 70.1 cm³/mol. The fourth-order valence-corrected chi connectivity index (χ4v) is 2.07. The lowest BCUT2D eigenvalue weighted by Crippen LogP contribution is -2.00. The molecule has 0 amide bonds. The van der Waals surface area contributed by atoms with E-state index in [9.17, 15) is 0 Å². The van der Waals surface area contributed by atoms with Crippen LogP contribution in [0.2, 0.25) is 5.02 Å². The Labute approximate surface area is 114 Å². The van der Waals surface area contributed by atoms with Crippen molar-refractivity contribution in [1.82, 2.24) is 24.4 Å². The number of aliphatic hydroxyl groups excluding tert-OH is 1. The van der Waals surface area contributed by atoms with Crippen LogP contribution in [-0.2, 0) is 13.0 Å². The average molecular weight is 278 g/mol. The van der Waals surface area contributed by atoms with Crippen LogP contribution in [0.4, 0.5) is 0 Å². The Kier molecular flexibility index (Phi) is 3.18. The van der Waals surface area contributed by atoms with Gasteiger partial charge in [-0.1, -0.05) is 16.8 Å². The first-order chi connectivity index (χ1) is 9.24. The summed E-state index contributed by atoms with van der Waals surface area (Å²) in [7, 11) is 0. The average Bonchev–Trinajstić information content (AvgIpc) is 2.96. The van der Waals surface area contributed by atoms with Crippen LogP contribution in [0.1, 0.15) is 11.4 Å². The number of hydrogen-bond donors (Lipinski definition) is 1. The summed E-state index contributed by atoms with van der Waals surface area (Å²) in [6, 6.07) is 3.67. The molecule has 19 heavy (non-hydrogen) atoms. The minimum atomic E-state index is 0.0750. The van der Waals surface area contributed by atoms with E-state index in [4.69, 9.17) is 16.7 Å². The second-order valence-electron chi connectivity index (χ2n) is 4.23. The van der Waals surface area contributed by atoms with Gasteiger partial charge in [0.05, 0.1) is 23.0 Å². The van der Waals surface area contributed by atoms with Gasteiger partial charge in [-0.25, -0.2) is 9.67 Å². The van der Waals surface area contributed by atoms with Crippen LogP contribution in [0.5, 0.6) is 0 Å². The zero-order valence-electron chi connectivity index (χ0n) is 10.1. The Morgan fingerprint density at radius 3 is 2.89 bits per heavy atom. The molecular weight excluding hydrogens is 266 g/mol. The summed E-state index contributed by atoms with van der Waals surface area (Å²) >= 11 is 5.93. The number of imidazole rings is 1. The van der Waals surface area contributed by atoms with E-state index in [-0.39, 0.29) is 6.61 Å². The van der Waals surface area contributed by atoms with Gasteiger partial charge in [0.15, 0.2) is 0 Å². The topological polar surface area (TPSA) is 68.2 Å². The Balaban J connectivity index is 1.83. The molecule has 0 bridgehead atoms. The SMILES string of the molecule is OCCc1cn(Cc2cn3cc(Cl)ccc3n2)nn1. The molecule has 0 saturated heterocycles. The Hall–Kier alpha value is -1.92. The molecule has 0 spiro atoms. The van der Waals surface area contributed by atoms with Gasteiger partial charge < -0.3 is 9.51 Å². The summed E-state index contributed by atoms with van der Waals surface area (Å²) in [5.74, 6) is 0. The first-order valence-electron chi connectivity index (χ1n) is 5.87. The minimum Gasteiger partial charge on any atom is -0.396 e. The minimum absolute atomic E-state index is 0.0750. The van der Waals surface area contributed by atoms with Crippen molar-refractivity contribution in [2.45, 2.75) is 13.0 Å². The fraction of sp³-hybridized carbons (Fsp3) is 0.250. The van der Waals surface area contributed by atoms with Gasteiger partial charge in [-0.3, -0.25) is 0 Å². The summed E-state index contributed by atoms with van der Waals surface area (Å²) in [6.07, 6.45) is 6.05. The highest BCUT2D eigenvalue weighted by Gasteiger charge is 2.05. The zero-order valence-corrected chi connectivity index (χ0v) is 10.8. The van der Waals surface area contributed by atoms with Crippen LogP contribution in [0.3, 0.4) is 0 Å². The van der Waals surface area contributed by atoms with Crippen LogP contribution in [0.25, 0.3) is 5.65 Å². The maximum atomic E-state index is 8.83. The van der Waals surface area contributed by atoms with Gasteiger partial charge in [-0.2, -0.15) is 0 Å². The smallest absolute Gasteiger partial charge is 0.137 e. The molecule has 0 atom stereocenters.